The summed E-state index contributed by atoms with van der Waals surface area (Å²) in [7, 11) is 0. The lowest BCUT2D eigenvalue weighted by molar-refractivity contribution is 0.0872. The molecular weight excluding hydrogens is 354 g/mol. The minimum absolute atomic E-state index is 0.194. The van der Waals surface area contributed by atoms with Gasteiger partial charge in [-0.25, -0.2) is 9.97 Å². The lowest BCUT2D eigenvalue weighted by Gasteiger charge is -2.10. The predicted octanol–water partition coefficient (Wildman–Crippen LogP) is 3.69. The highest BCUT2D eigenvalue weighted by Gasteiger charge is 2.26. The van der Waals surface area contributed by atoms with Crippen molar-refractivity contribution in [2.24, 2.45) is 10.7 Å². The lowest BCUT2D eigenvalue weighted by Crippen LogP contribution is -2.22. The summed E-state index contributed by atoms with van der Waals surface area (Å²) in [4.78, 5) is 12.8. The van der Waals surface area contributed by atoms with Crippen LogP contribution in [0.15, 0.2) is 65.2 Å². The quantitative estimate of drug-likeness (QED) is 0.628. The van der Waals surface area contributed by atoms with Gasteiger partial charge in [0.05, 0.1) is 0 Å². The molecule has 2 heterocycles. The summed E-state index contributed by atoms with van der Waals surface area (Å²) in [5.41, 5.74) is 9.38. The van der Waals surface area contributed by atoms with Crippen molar-refractivity contribution >= 4 is 17.6 Å². The van der Waals surface area contributed by atoms with E-state index in [2.05, 4.69) is 32.4 Å². The molecule has 142 valence electrons. The van der Waals surface area contributed by atoms with Crippen LogP contribution < -0.4 is 20.5 Å². The SMILES string of the molecule is Cc1cc(C)nc(/N=C(/N)Nc2ccc3c(c2)OC(C2=CC=CCC=C2)O3)n1. The number of aryl methyl sites for hydroxylation is 2. The van der Waals surface area contributed by atoms with Gasteiger partial charge in [0, 0.05) is 28.7 Å². The molecule has 0 fully saturated rings. The van der Waals surface area contributed by atoms with Crippen LogP contribution in [0.25, 0.3) is 0 Å². The molecule has 7 nitrogen and oxygen atoms in total. The molecule has 0 saturated carbocycles. The average molecular weight is 375 g/mol. The fourth-order valence-corrected chi connectivity index (χ4v) is 2.96. The number of aliphatic imine (C=N–C) groups is 1. The van der Waals surface area contributed by atoms with E-state index in [9.17, 15) is 0 Å². The van der Waals surface area contributed by atoms with Gasteiger partial charge in [0.2, 0.25) is 5.96 Å². The number of benzene rings is 1. The topological polar surface area (TPSA) is 94.7 Å². The van der Waals surface area contributed by atoms with Gasteiger partial charge in [-0.15, -0.1) is 0 Å². The summed E-state index contributed by atoms with van der Waals surface area (Å²) in [5.74, 6) is 1.85. The number of aromatic nitrogens is 2. The first-order chi connectivity index (χ1) is 13.6. The maximum absolute atomic E-state index is 6.01. The van der Waals surface area contributed by atoms with Crippen molar-refractivity contribution < 1.29 is 9.47 Å². The Hall–Kier alpha value is -3.61. The number of guanidine groups is 1. The Morgan fingerprint density at radius 2 is 1.89 bits per heavy atom. The number of anilines is 1. The van der Waals surface area contributed by atoms with Gasteiger partial charge < -0.3 is 20.5 Å². The first-order valence-corrected chi connectivity index (χ1v) is 9.01. The third kappa shape index (κ3) is 4.03. The van der Waals surface area contributed by atoms with Gasteiger partial charge in [-0.05, 0) is 38.5 Å². The third-order valence-corrected chi connectivity index (χ3v) is 4.15. The van der Waals surface area contributed by atoms with Gasteiger partial charge in [0.15, 0.2) is 11.5 Å². The van der Waals surface area contributed by atoms with E-state index in [0.717, 1.165) is 29.1 Å². The highest BCUT2D eigenvalue weighted by Crippen LogP contribution is 2.38. The fraction of sp³-hybridized carbons (Fsp3) is 0.190. The van der Waals surface area contributed by atoms with Crippen LogP contribution in [-0.4, -0.2) is 22.2 Å². The molecule has 1 atom stereocenters. The standard InChI is InChI=1S/C21H21N5O2/c1-13-11-14(2)24-21(23-13)26-20(22)25-16-9-10-17-18(12-16)28-19(27-17)15-7-5-3-4-6-8-15/h3,5-12,19H,4H2,1-2H3,(H3,22,23,24,25,26). The first kappa shape index (κ1) is 17.8. The van der Waals surface area contributed by atoms with Crippen molar-refractivity contribution in [1.82, 2.24) is 9.97 Å². The number of fused-ring (bicyclic) bond motifs is 1. The van der Waals surface area contributed by atoms with Crippen molar-refractivity contribution in [2.45, 2.75) is 26.6 Å². The second-order valence-corrected chi connectivity index (χ2v) is 6.53. The Morgan fingerprint density at radius 1 is 1.11 bits per heavy atom. The van der Waals surface area contributed by atoms with Crippen LogP contribution in [0, 0.1) is 13.8 Å². The molecule has 0 bridgehead atoms. The van der Waals surface area contributed by atoms with Crippen LogP contribution in [0.2, 0.25) is 0 Å². The number of nitrogens with two attached hydrogens (primary N) is 1. The van der Waals surface area contributed by atoms with Crippen molar-refractivity contribution in [2.75, 3.05) is 5.32 Å². The highest BCUT2D eigenvalue weighted by atomic mass is 16.7. The molecule has 1 aromatic carbocycles. The van der Waals surface area contributed by atoms with E-state index >= 15 is 0 Å². The molecule has 7 heteroatoms. The zero-order valence-corrected chi connectivity index (χ0v) is 15.7. The zero-order chi connectivity index (χ0) is 19.5. The van der Waals surface area contributed by atoms with Gasteiger partial charge in [-0.1, -0.05) is 30.4 Å². The number of allylic oxidation sites excluding steroid dienone is 4. The minimum Gasteiger partial charge on any atom is -0.447 e. The van der Waals surface area contributed by atoms with Crippen LogP contribution in [0.4, 0.5) is 11.6 Å². The van der Waals surface area contributed by atoms with E-state index in [4.69, 9.17) is 15.2 Å². The van der Waals surface area contributed by atoms with Gasteiger partial charge in [-0.2, -0.15) is 4.99 Å². The van der Waals surface area contributed by atoms with Crippen LogP contribution in [-0.2, 0) is 0 Å². The average Bonchev–Trinajstić information content (AvgIpc) is 2.86. The number of hydrogen-bond acceptors (Lipinski definition) is 5. The van der Waals surface area contributed by atoms with E-state index in [0.29, 0.717) is 17.4 Å². The number of nitrogens with zero attached hydrogens (tertiary/aromatic N) is 3. The van der Waals surface area contributed by atoms with Crippen LogP contribution in [0.5, 0.6) is 11.5 Å². The fourth-order valence-electron chi connectivity index (χ4n) is 2.96. The first-order valence-electron chi connectivity index (χ1n) is 9.01. The molecule has 28 heavy (non-hydrogen) atoms. The minimum atomic E-state index is -0.459. The summed E-state index contributed by atoms with van der Waals surface area (Å²) in [5, 5.41) is 3.04. The molecule has 3 N–H and O–H groups in total. The van der Waals surface area contributed by atoms with Crippen LogP contribution >= 0.6 is 0 Å². The molecule has 2 aromatic rings. The molecule has 2 aliphatic rings. The summed E-state index contributed by atoms with van der Waals surface area (Å²) >= 11 is 0. The predicted molar refractivity (Wildman–Crippen MR) is 109 cm³/mol. The molecule has 0 amide bonds. The maximum atomic E-state index is 6.01. The Balaban J connectivity index is 1.48. The molecule has 0 saturated heterocycles. The summed E-state index contributed by atoms with van der Waals surface area (Å²) in [6.45, 7) is 3.78. The van der Waals surface area contributed by atoms with Gasteiger partial charge >= 0.3 is 0 Å². The Bertz CT molecular complexity index is 1000. The molecule has 0 radical (unpaired) electrons. The van der Waals surface area contributed by atoms with E-state index < -0.39 is 6.29 Å². The van der Waals surface area contributed by atoms with Gasteiger partial charge in [0.25, 0.3) is 12.2 Å². The summed E-state index contributed by atoms with van der Waals surface area (Å²) < 4.78 is 11.9. The monoisotopic (exact) mass is 375 g/mol. The van der Waals surface area contributed by atoms with E-state index in [-0.39, 0.29) is 5.96 Å². The maximum Gasteiger partial charge on any atom is 0.267 e. The molecule has 4 rings (SSSR count). The number of hydrogen-bond donors (Lipinski definition) is 2. The molecule has 1 unspecified atom stereocenters. The zero-order valence-electron chi connectivity index (χ0n) is 15.7. The highest BCUT2D eigenvalue weighted by molar-refractivity contribution is 5.93. The van der Waals surface area contributed by atoms with Crippen LogP contribution in [0.3, 0.4) is 0 Å². The van der Waals surface area contributed by atoms with Crippen molar-refractivity contribution in [1.29, 1.82) is 0 Å². The number of nitrogens with one attached hydrogen (secondary N) is 1. The summed E-state index contributed by atoms with van der Waals surface area (Å²) in [6, 6.07) is 7.41. The van der Waals surface area contributed by atoms with Gasteiger partial charge in [-0.3, -0.25) is 0 Å². The normalized spacial score (nSPS) is 18.0. The van der Waals surface area contributed by atoms with Crippen LogP contribution in [0.1, 0.15) is 17.8 Å². The second kappa shape index (κ2) is 7.56. The second-order valence-electron chi connectivity index (χ2n) is 6.53. The van der Waals surface area contributed by atoms with Crippen molar-refractivity contribution in [3.8, 4) is 11.5 Å². The molecule has 1 aliphatic carbocycles. The lowest BCUT2D eigenvalue weighted by atomic mass is 10.2. The molecule has 1 aromatic heterocycles. The van der Waals surface area contributed by atoms with Gasteiger partial charge in [0.1, 0.15) is 0 Å². The molecule has 1 aliphatic heterocycles. The Morgan fingerprint density at radius 3 is 2.71 bits per heavy atom. The molecular formula is C21H21N5O2. The Labute approximate surface area is 163 Å². The summed E-state index contributed by atoms with van der Waals surface area (Å²) in [6.07, 6.45) is 10.6. The van der Waals surface area contributed by atoms with E-state index in [1.165, 1.54) is 0 Å². The largest absolute Gasteiger partial charge is 0.447 e. The number of ether oxygens (including phenoxy) is 2. The number of rotatable bonds is 3. The van der Waals surface area contributed by atoms with Crippen molar-refractivity contribution in [3.63, 3.8) is 0 Å². The third-order valence-electron chi connectivity index (χ3n) is 4.15. The van der Waals surface area contributed by atoms with E-state index in [1.54, 1.807) is 0 Å². The smallest absolute Gasteiger partial charge is 0.267 e. The Kier molecular flexibility index (Phi) is 4.80. The van der Waals surface area contributed by atoms with E-state index in [1.807, 2.05) is 56.3 Å². The van der Waals surface area contributed by atoms with Crippen molar-refractivity contribution in [3.05, 3.63) is 71.6 Å². The molecule has 0 spiro atoms.